The predicted molar refractivity (Wildman–Crippen MR) is 79.0 cm³/mol. The molecule has 7 heteroatoms. The van der Waals surface area contributed by atoms with Crippen LogP contribution in [-0.4, -0.2) is 32.1 Å². The molecule has 0 saturated carbocycles. The Bertz CT molecular complexity index is 603. The van der Waals surface area contributed by atoms with Gasteiger partial charge in [-0.15, -0.1) is 11.8 Å². The molecule has 20 heavy (non-hydrogen) atoms. The molecule has 0 bridgehead atoms. The Labute approximate surface area is 123 Å². The van der Waals surface area contributed by atoms with Crippen molar-refractivity contribution in [2.45, 2.75) is 17.9 Å². The number of benzene rings is 1. The van der Waals surface area contributed by atoms with Crippen LogP contribution in [0.5, 0.6) is 0 Å². The number of amides is 1. The molecule has 1 amide bonds. The Hall–Kier alpha value is -1.52. The quantitative estimate of drug-likeness (QED) is 0.805. The first-order chi connectivity index (χ1) is 9.34. The molecule has 1 atom stereocenters. The highest BCUT2D eigenvalue weighted by Gasteiger charge is 2.11. The second kappa shape index (κ2) is 7.31. The normalized spacial score (nSPS) is 12.4. The van der Waals surface area contributed by atoms with Gasteiger partial charge in [-0.3, -0.25) is 4.79 Å². The van der Waals surface area contributed by atoms with E-state index in [1.807, 2.05) is 13.0 Å². The molecule has 0 radical (unpaired) electrons. The molecule has 0 aromatic heterocycles. The number of hydrogen-bond acceptors (Lipinski definition) is 5. The van der Waals surface area contributed by atoms with Gasteiger partial charge in [-0.05, 0) is 24.6 Å². The van der Waals surface area contributed by atoms with Crippen molar-refractivity contribution < 1.29 is 13.2 Å². The number of carbonyl (C=O) groups excluding carboxylic acids is 1. The average Bonchev–Trinajstić information content (AvgIpc) is 2.38. The van der Waals surface area contributed by atoms with E-state index < -0.39 is 9.84 Å². The minimum atomic E-state index is -3.20. The highest BCUT2D eigenvalue weighted by molar-refractivity contribution is 8.00. The van der Waals surface area contributed by atoms with Crippen LogP contribution >= 0.6 is 11.8 Å². The van der Waals surface area contributed by atoms with Crippen LogP contribution in [0.25, 0.3) is 0 Å². The SMILES string of the molecule is CC(NC(=O)CSCC#N)c1ccc(S(C)(=O)=O)cc1. The summed E-state index contributed by atoms with van der Waals surface area (Å²) < 4.78 is 22.7. The number of carbonyl (C=O) groups is 1. The fraction of sp³-hybridized carbons (Fsp3) is 0.385. The third kappa shape index (κ3) is 5.23. The zero-order valence-corrected chi connectivity index (χ0v) is 12.9. The number of sulfone groups is 1. The summed E-state index contributed by atoms with van der Waals surface area (Å²) in [6.45, 7) is 1.82. The van der Waals surface area contributed by atoms with Gasteiger partial charge in [0.2, 0.25) is 5.91 Å². The summed E-state index contributed by atoms with van der Waals surface area (Å²) in [6.07, 6.45) is 1.15. The van der Waals surface area contributed by atoms with Crippen LogP contribution in [0.4, 0.5) is 0 Å². The maximum atomic E-state index is 11.6. The van der Waals surface area contributed by atoms with Crippen molar-refractivity contribution in [1.82, 2.24) is 5.32 Å². The van der Waals surface area contributed by atoms with Crippen molar-refractivity contribution in [2.75, 3.05) is 17.8 Å². The molecular formula is C13H16N2O3S2. The molecule has 1 aromatic rings. The summed E-state index contributed by atoms with van der Waals surface area (Å²) in [4.78, 5) is 11.8. The summed E-state index contributed by atoms with van der Waals surface area (Å²) in [5, 5.41) is 11.2. The first-order valence-corrected chi connectivity index (χ1v) is 8.93. The molecule has 0 aliphatic heterocycles. The van der Waals surface area contributed by atoms with Gasteiger partial charge < -0.3 is 5.32 Å². The number of hydrogen-bond donors (Lipinski definition) is 1. The van der Waals surface area contributed by atoms with Gasteiger partial charge in [0.15, 0.2) is 9.84 Å². The van der Waals surface area contributed by atoms with Gasteiger partial charge in [-0.25, -0.2) is 8.42 Å². The summed E-state index contributed by atoms with van der Waals surface area (Å²) >= 11 is 1.25. The van der Waals surface area contributed by atoms with Gasteiger partial charge in [0, 0.05) is 6.26 Å². The summed E-state index contributed by atoms with van der Waals surface area (Å²) in [5.41, 5.74) is 0.830. The number of nitrogens with one attached hydrogen (secondary N) is 1. The Kier molecular flexibility index (Phi) is 6.05. The minimum Gasteiger partial charge on any atom is -0.349 e. The highest BCUT2D eigenvalue weighted by Crippen LogP contribution is 2.16. The van der Waals surface area contributed by atoms with Gasteiger partial charge in [0.1, 0.15) is 0 Å². The van der Waals surface area contributed by atoms with E-state index in [0.717, 1.165) is 11.8 Å². The molecule has 1 unspecified atom stereocenters. The van der Waals surface area contributed by atoms with Crippen molar-refractivity contribution in [3.63, 3.8) is 0 Å². The molecule has 0 aliphatic carbocycles. The Morgan fingerprint density at radius 2 is 2.00 bits per heavy atom. The van der Waals surface area contributed by atoms with E-state index >= 15 is 0 Å². The summed E-state index contributed by atoms with van der Waals surface area (Å²) in [6, 6.07) is 8.16. The van der Waals surface area contributed by atoms with Crippen LogP contribution in [0.2, 0.25) is 0 Å². The van der Waals surface area contributed by atoms with E-state index in [-0.39, 0.29) is 28.4 Å². The van der Waals surface area contributed by atoms with Crippen LogP contribution in [0.15, 0.2) is 29.2 Å². The zero-order chi connectivity index (χ0) is 15.2. The second-order valence-corrected chi connectivity index (χ2v) is 7.28. The van der Waals surface area contributed by atoms with Crippen molar-refractivity contribution >= 4 is 27.5 Å². The molecule has 0 fully saturated rings. The van der Waals surface area contributed by atoms with E-state index in [2.05, 4.69) is 5.32 Å². The lowest BCUT2D eigenvalue weighted by Gasteiger charge is -2.14. The van der Waals surface area contributed by atoms with Gasteiger partial charge in [-0.1, -0.05) is 12.1 Å². The molecule has 0 aliphatic rings. The Morgan fingerprint density at radius 3 is 2.50 bits per heavy atom. The van der Waals surface area contributed by atoms with E-state index in [4.69, 9.17) is 5.26 Å². The molecule has 1 rings (SSSR count). The first-order valence-electron chi connectivity index (χ1n) is 5.88. The average molecular weight is 312 g/mol. The minimum absolute atomic E-state index is 0.148. The molecule has 1 N–H and O–H groups in total. The van der Waals surface area contributed by atoms with Gasteiger partial charge in [0.05, 0.1) is 28.5 Å². The smallest absolute Gasteiger partial charge is 0.230 e. The van der Waals surface area contributed by atoms with Crippen molar-refractivity contribution in [3.05, 3.63) is 29.8 Å². The molecule has 108 valence electrons. The van der Waals surface area contributed by atoms with Gasteiger partial charge in [0.25, 0.3) is 0 Å². The van der Waals surface area contributed by atoms with Crippen LogP contribution in [-0.2, 0) is 14.6 Å². The lowest BCUT2D eigenvalue weighted by molar-refractivity contribution is -0.119. The molecule has 1 aromatic carbocycles. The molecule has 5 nitrogen and oxygen atoms in total. The first kappa shape index (κ1) is 16.5. The van der Waals surface area contributed by atoms with Crippen molar-refractivity contribution in [1.29, 1.82) is 5.26 Å². The zero-order valence-electron chi connectivity index (χ0n) is 11.3. The van der Waals surface area contributed by atoms with Gasteiger partial charge >= 0.3 is 0 Å². The second-order valence-electron chi connectivity index (χ2n) is 4.28. The standard InChI is InChI=1S/C13H16N2O3S2/c1-10(15-13(16)9-19-8-7-14)11-3-5-12(6-4-11)20(2,17)18/h3-6,10H,8-9H2,1-2H3,(H,15,16). The topological polar surface area (TPSA) is 87.0 Å². The Morgan fingerprint density at radius 1 is 1.40 bits per heavy atom. The number of rotatable bonds is 6. The Balaban J connectivity index is 2.62. The van der Waals surface area contributed by atoms with E-state index in [0.29, 0.717) is 0 Å². The largest absolute Gasteiger partial charge is 0.349 e. The molecular weight excluding hydrogens is 296 g/mol. The number of nitriles is 1. The highest BCUT2D eigenvalue weighted by atomic mass is 32.2. The van der Waals surface area contributed by atoms with Crippen molar-refractivity contribution in [2.24, 2.45) is 0 Å². The maximum absolute atomic E-state index is 11.6. The number of nitrogens with zero attached hydrogens (tertiary/aromatic N) is 1. The molecule has 0 heterocycles. The lowest BCUT2D eigenvalue weighted by Crippen LogP contribution is -2.28. The maximum Gasteiger partial charge on any atom is 0.230 e. The summed E-state index contributed by atoms with van der Waals surface area (Å²) in [5.74, 6) is 0.370. The fourth-order valence-corrected chi connectivity index (χ4v) is 2.65. The number of thioether (sulfide) groups is 1. The van der Waals surface area contributed by atoms with Crippen LogP contribution in [0.3, 0.4) is 0 Å². The van der Waals surface area contributed by atoms with E-state index in [1.165, 1.54) is 23.9 Å². The van der Waals surface area contributed by atoms with Crippen LogP contribution in [0.1, 0.15) is 18.5 Å². The third-order valence-corrected chi connectivity index (χ3v) is 4.51. The van der Waals surface area contributed by atoms with Crippen molar-refractivity contribution in [3.8, 4) is 6.07 Å². The molecule has 0 saturated heterocycles. The van der Waals surface area contributed by atoms with Crippen LogP contribution < -0.4 is 5.32 Å². The summed E-state index contributed by atoms with van der Waals surface area (Å²) in [7, 11) is -3.20. The third-order valence-electron chi connectivity index (χ3n) is 2.59. The van der Waals surface area contributed by atoms with Crippen LogP contribution in [0, 0.1) is 11.3 Å². The monoisotopic (exact) mass is 312 g/mol. The predicted octanol–water partition coefficient (Wildman–Crippen LogP) is 1.52. The fourth-order valence-electron chi connectivity index (χ4n) is 1.56. The molecule has 0 spiro atoms. The van der Waals surface area contributed by atoms with Gasteiger partial charge in [-0.2, -0.15) is 5.26 Å². The van der Waals surface area contributed by atoms with E-state index in [1.54, 1.807) is 12.1 Å². The lowest BCUT2D eigenvalue weighted by atomic mass is 10.1. The van der Waals surface area contributed by atoms with E-state index in [9.17, 15) is 13.2 Å².